The van der Waals surface area contributed by atoms with Crippen LogP contribution in [0.1, 0.15) is 33.6 Å². The molecule has 0 rings (SSSR count). The van der Waals surface area contributed by atoms with Crippen LogP contribution >= 0.6 is 11.6 Å². The van der Waals surface area contributed by atoms with Crippen molar-refractivity contribution in [1.82, 2.24) is 10.6 Å². The molecule has 94 valence electrons. The summed E-state index contributed by atoms with van der Waals surface area (Å²) >= 11 is 5.29. The van der Waals surface area contributed by atoms with Crippen molar-refractivity contribution in [2.24, 2.45) is 5.41 Å². The Morgan fingerprint density at radius 3 is 2.31 bits per heavy atom. The molecule has 0 radical (unpaired) electrons. The second kappa shape index (κ2) is 7.49. The molecule has 0 saturated heterocycles. The van der Waals surface area contributed by atoms with Crippen molar-refractivity contribution in [2.75, 3.05) is 19.0 Å². The van der Waals surface area contributed by atoms with Gasteiger partial charge in [0.25, 0.3) is 0 Å². The summed E-state index contributed by atoms with van der Waals surface area (Å²) in [6.45, 7) is 7.29. The lowest BCUT2D eigenvalue weighted by Gasteiger charge is -2.22. The molecule has 0 atom stereocenters. The second-order valence-electron chi connectivity index (χ2n) is 4.53. The molecule has 0 unspecified atom stereocenters. The molecule has 0 aromatic rings. The van der Waals surface area contributed by atoms with E-state index in [1.807, 2.05) is 0 Å². The zero-order chi connectivity index (χ0) is 12.6. The van der Waals surface area contributed by atoms with E-state index in [-0.39, 0.29) is 23.1 Å². The molecule has 0 saturated carbocycles. The Morgan fingerprint density at radius 2 is 1.81 bits per heavy atom. The minimum atomic E-state index is -0.247. The molecular weight excluding hydrogens is 228 g/mol. The molecule has 0 aromatic heterocycles. The van der Waals surface area contributed by atoms with E-state index >= 15 is 0 Å². The van der Waals surface area contributed by atoms with Crippen LogP contribution in [0.25, 0.3) is 0 Å². The summed E-state index contributed by atoms with van der Waals surface area (Å²) in [5.41, 5.74) is 0.120. The van der Waals surface area contributed by atoms with Crippen molar-refractivity contribution in [3.63, 3.8) is 0 Å². The van der Waals surface area contributed by atoms with E-state index in [2.05, 4.69) is 31.4 Å². The number of alkyl halides is 1. The molecule has 0 heterocycles. The number of carbonyl (C=O) groups excluding carboxylic acids is 2. The van der Waals surface area contributed by atoms with Gasteiger partial charge in [0, 0.05) is 19.5 Å². The van der Waals surface area contributed by atoms with Crippen LogP contribution in [-0.4, -0.2) is 30.8 Å². The van der Waals surface area contributed by atoms with Crippen LogP contribution < -0.4 is 10.6 Å². The maximum Gasteiger partial charge on any atom is 0.234 e. The van der Waals surface area contributed by atoms with Gasteiger partial charge in [0.05, 0.1) is 0 Å². The average Bonchev–Trinajstić information content (AvgIpc) is 2.26. The van der Waals surface area contributed by atoms with Gasteiger partial charge in [-0.3, -0.25) is 9.59 Å². The van der Waals surface area contributed by atoms with E-state index in [9.17, 15) is 9.59 Å². The highest BCUT2D eigenvalue weighted by molar-refractivity contribution is 6.27. The predicted molar refractivity (Wildman–Crippen MR) is 65.4 cm³/mol. The summed E-state index contributed by atoms with van der Waals surface area (Å²) in [6.07, 6.45) is 1.30. The number of carbonyl (C=O) groups is 2. The summed E-state index contributed by atoms with van der Waals surface area (Å²) < 4.78 is 0. The van der Waals surface area contributed by atoms with Crippen molar-refractivity contribution >= 4 is 23.4 Å². The van der Waals surface area contributed by atoms with Gasteiger partial charge in [-0.25, -0.2) is 0 Å². The van der Waals surface area contributed by atoms with Crippen molar-refractivity contribution in [3.05, 3.63) is 0 Å². The van der Waals surface area contributed by atoms with Gasteiger partial charge in [-0.1, -0.05) is 20.8 Å². The van der Waals surface area contributed by atoms with Crippen LogP contribution in [0.2, 0.25) is 0 Å². The van der Waals surface area contributed by atoms with E-state index in [0.29, 0.717) is 19.5 Å². The molecule has 4 nitrogen and oxygen atoms in total. The molecule has 0 spiro atoms. The fourth-order valence-corrected chi connectivity index (χ4v) is 1.01. The Bertz CT molecular complexity index is 242. The average molecular weight is 249 g/mol. The Kier molecular flexibility index (Phi) is 7.13. The van der Waals surface area contributed by atoms with Crippen LogP contribution in [0.15, 0.2) is 0 Å². The summed E-state index contributed by atoms with van der Waals surface area (Å²) in [7, 11) is 0. The van der Waals surface area contributed by atoms with Crippen LogP contribution in [0, 0.1) is 5.41 Å². The lowest BCUT2D eigenvalue weighted by atomic mass is 9.90. The molecule has 2 amide bonds. The molecule has 5 heteroatoms. The molecule has 0 aliphatic heterocycles. The first kappa shape index (κ1) is 15.2. The highest BCUT2D eigenvalue weighted by Crippen LogP contribution is 2.17. The van der Waals surface area contributed by atoms with Gasteiger partial charge in [0.1, 0.15) is 5.88 Å². The first-order valence-electron chi connectivity index (χ1n) is 5.50. The van der Waals surface area contributed by atoms with E-state index in [1.54, 1.807) is 0 Å². The Hall–Kier alpha value is -0.770. The standard InChI is InChI=1S/C11H21ClN2O2/c1-4-11(2,3)8-14-9(15)5-6-13-10(16)7-12/h4-8H2,1-3H3,(H,13,16)(H,14,15). The van der Waals surface area contributed by atoms with Gasteiger partial charge >= 0.3 is 0 Å². The SMILES string of the molecule is CCC(C)(C)CNC(=O)CCNC(=O)CCl. The van der Waals surface area contributed by atoms with Crippen LogP contribution in [-0.2, 0) is 9.59 Å². The zero-order valence-corrected chi connectivity index (χ0v) is 11.0. The lowest BCUT2D eigenvalue weighted by Crippen LogP contribution is -2.36. The summed E-state index contributed by atoms with van der Waals surface area (Å²) in [4.78, 5) is 22.2. The normalized spacial score (nSPS) is 11.0. The second-order valence-corrected chi connectivity index (χ2v) is 4.80. The van der Waals surface area contributed by atoms with Crippen LogP contribution in [0.4, 0.5) is 0 Å². The highest BCUT2D eigenvalue weighted by atomic mass is 35.5. The van der Waals surface area contributed by atoms with E-state index in [1.165, 1.54) is 0 Å². The minimum Gasteiger partial charge on any atom is -0.356 e. The fraction of sp³-hybridized carbons (Fsp3) is 0.818. The number of hydrogen-bond donors (Lipinski definition) is 2. The molecule has 0 aliphatic carbocycles. The number of nitrogens with one attached hydrogen (secondary N) is 2. The van der Waals surface area contributed by atoms with Gasteiger partial charge in [-0.15, -0.1) is 11.6 Å². The molecular formula is C11H21ClN2O2. The van der Waals surface area contributed by atoms with Crippen LogP contribution in [0.5, 0.6) is 0 Å². The first-order valence-corrected chi connectivity index (χ1v) is 6.04. The lowest BCUT2D eigenvalue weighted by molar-refractivity contribution is -0.121. The maximum absolute atomic E-state index is 11.4. The third kappa shape index (κ3) is 7.51. The smallest absolute Gasteiger partial charge is 0.234 e. The van der Waals surface area contributed by atoms with Gasteiger partial charge in [-0.05, 0) is 11.8 Å². The quantitative estimate of drug-likeness (QED) is 0.667. The minimum absolute atomic E-state index is 0.0450. The van der Waals surface area contributed by atoms with E-state index < -0.39 is 0 Å². The molecule has 0 bridgehead atoms. The first-order chi connectivity index (χ1) is 7.41. The monoisotopic (exact) mass is 248 g/mol. The van der Waals surface area contributed by atoms with Crippen LogP contribution in [0.3, 0.4) is 0 Å². The third-order valence-corrected chi connectivity index (χ3v) is 2.76. The van der Waals surface area contributed by atoms with E-state index in [4.69, 9.17) is 11.6 Å². The topological polar surface area (TPSA) is 58.2 Å². The molecule has 0 fully saturated rings. The molecule has 0 aliphatic rings. The van der Waals surface area contributed by atoms with Crippen molar-refractivity contribution in [3.8, 4) is 0 Å². The number of amides is 2. The zero-order valence-electron chi connectivity index (χ0n) is 10.2. The summed E-state index contributed by atoms with van der Waals surface area (Å²) in [6, 6.07) is 0. The van der Waals surface area contributed by atoms with E-state index in [0.717, 1.165) is 6.42 Å². The molecule has 16 heavy (non-hydrogen) atoms. The predicted octanol–water partition coefficient (Wildman–Crippen LogP) is 1.28. The third-order valence-electron chi connectivity index (χ3n) is 2.52. The molecule has 2 N–H and O–H groups in total. The number of hydrogen-bond acceptors (Lipinski definition) is 2. The number of halogens is 1. The Morgan fingerprint density at radius 1 is 1.19 bits per heavy atom. The largest absolute Gasteiger partial charge is 0.356 e. The summed E-state index contributed by atoms with van der Waals surface area (Å²) in [5.74, 6) is -0.357. The molecule has 0 aromatic carbocycles. The van der Waals surface area contributed by atoms with Crippen molar-refractivity contribution < 1.29 is 9.59 Å². The summed E-state index contributed by atoms with van der Waals surface area (Å²) in [5, 5.41) is 5.39. The highest BCUT2D eigenvalue weighted by Gasteiger charge is 2.15. The Balaban J connectivity index is 3.64. The van der Waals surface area contributed by atoms with Crippen molar-refractivity contribution in [1.29, 1.82) is 0 Å². The van der Waals surface area contributed by atoms with Gasteiger partial charge in [0.15, 0.2) is 0 Å². The van der Waals surface area contributed by atoms with Gasteiger partial charge in [-0.2, -0.15) is 0 Å². The van der Waals surface area contributed by atoms with Gasteiger partial charge in [0.2, 0.25) is 11.8 Å². The fourth-order valence-electron chi connectivity index (χ4n) is 0.914. The van der Waals surface area contributed by atoms with Gasteiger partial charge < -0.3 is 10.6 Å². The maximum atomic E-state index is 11.4. The number of rotatable bonds is 7. The van der Waals surface area contributed by atoms with Crippen molar-refractivity contribution in [2.45, 2.75) is 33.6 Å². The Labute approximate surface area is 102 Å².